The van der Waals surface area contributed by atoms with Crippen molar-refractivity contribution >= 4 is 11.8 Å². The molecular formula is C24H30N2O4. The second-order valence-electron chi connectivity index (χ2n) is 7.33. The summed E-state index contributed by atoms with van der Waals surface area (Å²) in [6, 6.07) is 15.3. The maximum absolute atomic E-state index is 13.2. The quantitative estimate of drug-likeness (QED) is 0.652. The molecule has 0 saturated heterocycles. The van der Waals surface area contributed by atoms with Crippen LogP contribution in [-0.2, 0) is 22.4 Å². The second kappa shape index (κ2) is 10.7. The van der Waals surface area contributed by atoms with Crippen molar-refractivity contribution in [2.45, 2.75) is 45.6 Å². The molecule has 0 aromatic heterocycles. The third kappa shape index (κ3) is 5.53. The summed E-state index contributed by atoms with van der Waals surface area (Å²) in [7, 11) is 0. The number of carbonyl (C=O) groups is 2. The summed E-state index contributed by atoms with van der Waals surface area (Å²) in [5, 5.41) is 2.87. The summed E-state index contributed by atoms with van der Waals surface area (Å²) >= 11 is 0. The van der Waals surface area contributed by atoms with E-state index >= 15 is 0 Å². The zero-order valence-corrected chi connectivity index (χ0v) is 17.7. The molecule has 2 aromatic carbocycles. The van der Waals surface area contributed by atoms with Crippen molar-refractivity contribution in [3.8, 4) is 11.5 Å². The van der Waals surface area contributed by atoms with Crippen LogP contribution in [0.1, 0.15) is 37.8 Å². The molecule has 1 unspecified atom stereocenters. The van der Waals surface area contributed by atoms with Crippen molar-refractivity contribution in [3.63, 3.8) is 0 Å². The van der Waals surface area contributed by atoms with Gasteiger partial charge in [-0.1, -0.05) is 43.3 Å². The number of hydrogen-bond acceptors (Lipinski definition) is 4. The molecule has 1 heterocycles. The molecule has 0 radical (unpaired) electrons. The van der Waals surface area contributed by atoms with Crippen molar-refractivity contribution in [3.05, 3.63) is 59.7 Å². The molecular weight excluding hydrogens is 380 g/mol. The lowest BCUT2D eigenvalue weighted by atomic mass is 10.1. The van der Waals surface area contributed by atoms with Crippen LogP contribution in [0.4, 0.5) is 0 Å². The van der Waals surface area contributed by atoms with Gasteiger partial charge in [0, 0.05) is 19.5 Å². The average molecular weight is 411 g/mol. The third-order valence-electron chi connectivity index (χ3n) is 5.29. The Morgan fingerprint density at radius 2 is 1.77 bits per heavy atom. The highest BCUT2D eigenvalue weighted by molar-refractivity contribution is 5.87. The Kier molecular flexibility index (Phi) is 7.71. The van der Waals surface area contributed by atoms with E-state index < -0.39 is 6.04 Å². The van der Waals surface area contributed by atoms with Crippen molar-refractivity contribution in [2.75, 3.05) is 19.9 Å². The van der Waals surface area contributed by atoms with Gasteiger partial charge >= 0.3 is 0 Å². The fourth-order valence-corrected chi connectivity index (χ4v) is 3.68. The summed E-state index contributed by atoms with van der Waals surface area (Å²) < 4.78 is 10.8. The Morgan fingerprint density at radius 3 is 2.50 bits per heavy atom. The molecule has 6 heteroatoms. The maximum Gasteiger partial charge on any atom is 0.242 e. The first-order valence-electron chi connectivity index (χ1n) is 10.6. The summed E-state index contributed by atoms with van der Waals surface area (Å²) in [5.41, 5.74) is 2.17. The molecule has 1 atom stereocenters. The number of nitrogens with zero attached hydrogens (tertiary/aromatic N) is 1. The lowest BCUT2D eigenvalue weighted by Gasteiger charge is -2.30. The lowest BCUT2D eigenvalue weighted by Crippen LogP contribution is -2.50. The number of hydrogen-bond donors (Lipinski definition) is 1. The van der Waals surface area contributed by atoms with Gasteiger partial charge in [-0.25, -0.2) is 0 Å². The number of fused-ring (bicyclic) bond motifs is 1. The Labute approximate surface area is 178 Å². The van der Waals surface area contributed by atoms with Gasteiger partial charge in [0.2, 0.25) is 18.6 Å². The highest BCUT2D eigenvalue weighted by Gasteiger charge is 2.27. The molecule has 1 aliphatic heterocycles. The zero-order valence-electron chi connectivity index (χ0n) is 17.7. The van der Waals surface area contributed by atoms with E-state index in [1.807, 2.05) is 62.4 Å². The van der Waals surface area contributed by atoms with Crippen LogP contribution < -0.4 is 14.8 Å². The fraction of sp³-hybridized carbons (Fsp3) is 0.417. The second-order valence-corrected chi connectivity index (χ2v) is 7.33. The van der Waals surface area contributed by atoms with Crippen LogP contribution in [0.2, 0.25) is 0 Å². The fourth-order valence-electron chi connectivity index (χ4n) is 3.68. The SMILES string of the molecule is CCNC(=O)C(CC)N(CCc1ccccc1)C(=O)CCc1ccc2c(c1)OCO2. The van der Waals surface area contributed by atoms with Gasteiger partial charge in [0.1, 0.15) is 6.04 Å². The Balaban J connectivity index is 1.68. The average Bonchev–Trinajstić information content (AvgIpc) is 3.23. The highest BCUT2D eigenvalue weighted by atomic mass is 16.7. The van der Waals surface area contributed by atoms with Crippen molar-refractivity contribution in [1.82, 2.24) is 10.2 Å². The van der Waals surface area contributed by atoms with E-state index in [-0.39, 0.29) is 18.6 Å². The summed E-state index contributed by atoms with van der Waals surface area (Å²) in [6.45, 7) is 5.13. The van der Waals surface area contributed by atoms with E-state index in [0.717, 1.165) is 22.6 Å². The van der Waals surface area contributed by atoms with Crippen LogP contribution in [0.5, 0.6) is 11.5 Å². The number of ether oxygens (including phenoxy) is 2. The van der Waals surface area contributed by atoms with Crippen LogP contribution in [0.3, 0.4) is 0 Å². The molecule has 0 aliphatic carbocycles. The molecule has 3 rings (SSSR count). The number of amides is 2. The summed E-state index contributed by atoms with van der Waals surface area (Å²) in [6.07, 6.45) is 2.22. The monoisotopic (exact) mass is 410 g/mol. The van der Waals surface area contributed by atoms with E-state index in [9.17, 15) is 9.59 Å². The molecule has 6 nitrogen and oxygen atoms in total. The minimum Gasteiger partial charge on any atom is -0.454 e. The first kappa shape index (κ1) is 21.7. The molecule has 0 saturated carbocycles. The predicted octanol–water partition coefficient (Wildman–Crippen LogP) is 3.33. The van der Waals surface area contributed by atoms with E-state index in [1.54, 1.807) is 4.90 Å². The molecule has 2 aromatic rings. The van der Waals surface area contributed by atoms with E-state index in [2.05, 4.69) is 5.32 Å². The summed E-state index contributed by atoms with van der Waals surface area (Å²) in [5.74, 6) is 1.35. The minimum atomic E-state index is -0.460. The van der Waals surface area contributed by atoms with Crippen molar-refractivity contribution < 1.29 is 19.1 Å². The van der Waals surface area contributed by atoms with Crippen molar-refractivity contribution in [1.29, 1.82) is 0 Å². The van der Waals surface area contributed by atoms with Gasteiger partial charge in [0.25, 0.3) is 0 Å². The van der Waals surface area contributed by atoms with E-state index in [4.69, 9.17) is 9.47 Å². The Hall–Kier alpha value is -3.02. The first-order valence-corrected chi connectivity index (χ1v) is 10.6. The third-order valence-corrected chi connectivity index (χ3v) is 5.29. The van der Waals surface area contributed by atoms with Gasteiger partial charge in [-0.05, 0) is 49.4 Å². The van der Waals surface area contributed by atoms with Gasteiger partial charge in [0.15, 0.2) is 11.5 Å². The molecule has 160 valence electrons. The maximum atomic E-state index is 13.2. The van der Waals surface area contributed by atoms with Crippen molar-refractivity contribution in [2.24, 2.45) is 0 Å². The predicted molar refractivity (Wildman–Crippen MR) is 116 cm³/mol. The Morgan fingerprint density at radius 1 is 1.00 bits per heavy atom. The molecule has 1 aliphatic rings. The lowest BCUT2D eigenvalue weighted by molar-refractivity contribution is -0.140. The number of likely N-dealkylation sites (N-methyl/N-ethyl adjacent to an activating group) is 1. The molecule has 0 spiro atoms. The normalized spacial score (nSPS) is 13.0. The van der Waals surface area contributed by atoms with Crippen LogP contribution in [0.15, 0.2) is 48.5 Å². The number of rotatable bonds is 10. The smallest absolute Gasteiger partial charge is 0.242 e. The van der Waals surface area contributed by atoms with Crippen LogP contribution >= 0.6 is 0 Å². The number of nitrogens with one attached hydrogen (secondary N) is 1. The topological polar surface area (TPSA) is 67.9 Å². The zero-order chi connectivity index (χ0) is 21.3. The first-order chi connectivity index (χ1) is 14.6. The molecule has 2 amide bonds. The van der Waals surface area contributed by atoms with Gasteiger partial charge in [0.05, 0.1) is 0 Å². The van der Waals surface area contributed by atoms with Crippen LogP contribution in [-0.4, -0.2) is 42.6 Å². The van der Waals surface area contributed by atoms with Gasteiger partial charge in [-0.3, -0.25) is 9.59 Å². The van der Waals surface area contributed by atoms with E-state index in [0.29, 0.717) is 38.8 Å². The van der Waals surface area contributed by atoms with Gasteiger partial charge in [-0.2, -0.15) is 0 Å². The molecule has 0 bridgehead atoms. The van der Waals surface area contributed by atoms with Crippen LogP contribution in [0.25, 0.3) is 0 Å². The van der Waals surface area contributed by atoms with Gasteiger partial charge in [-0.15, -0.1) is 0 Å². The molecule has 1 N–H and O–H groups in total. The number of aryl methyl sites for hydroxylation is 1. The molecule has 0 fully saturated rings. The Bertz CT molecular complexity index is 854. The summed E-state index contributed by atoms with van der Waals surface area (Å²) in [4.78, 5) is 27.5. The van der Waals surface area contributed by atoms with Crippen LogP contribution in [0, 0.1) is 0 Å². The minimum absolute atomic E-state index is 0.0123. The number of benzene rings is 2. The standard InChI is InChI=1S/C24H30N2O4/c1-3-20(24(28)25-4-2)26(15-14-18-8-6-5-7-9-18)23(27)13-11-19-10-12-21-22(16-19)30-17-29-21/h5-10,12,16,20H,3-4,11,13-15,17H2,1-2H3,(H,25,28). The largest absolute Gasteiger partial charge is 0.454 e. The van der Waals surface area contributed by atoms with E-state index in [1.165, 1.54) is 0 Å². The van der Waals surface area contributed by atoms with Gasteiger partial charge < -0.3 is 19.7 Å². The molecule has 30 heavy (non-hydrogen) atoms. The highest BCUT2D eigenvalue weighted by Crippen LogP contribution is 2.32. The number of carbonyl (C=O) groups excluding carboxylic acids is 2.